The predicted octanol–water partition coefficient (Wildman–Crippen LogP) is 8.27. The van der Waals surface area contributed by atoms with E-state index in [0.717, 1.165) is 39.0 Å². The van der Waals surface area contributed by atoms with Crippen LogP contribution < -0.4 is 11.5 Å². The van der Waals surface area contributed by atoms with Gasteiger partial charge in [0.1, 0.15) is 0 Å². The zero-order valence-corrected chi connectivity index (χ0v) is 29.0. The molecular weight excluding hydrogens is 609 g/mol. The molecule has 50 heavy (non-hydrogen) atoms. The van der Waals surface area contributed by atoms with Gasteiger partial charge >= 0.3 is 0 Å². The van der Waals surface area contributed by atoms with Crippen molar-refractivity contribution in [1.29, 1.82) is 0 Å². The molecule has 4 N–H and O–H groups in total. The average Bonchev–Trinajstić information content (AvgIpc) is 3.20. The van der Waals surface area contributed by atoms with Crippen molar-refractivity contribution in [2.24, 2.45) is 11.5 Å². The second kappa shape index (κ2) is 17.2. The van der Waals surface area contributed by atoms with Gasteiger partial charge in [-0.3, -0.25) is 9.80 Å². The summed E-state index contributed by atoms with van der Waals surface area (Å²) in [5.41, 5.74) is 18.9. The van der Waals surface area contributed by atoms with Gasteiger partial charge in [-0.25, -0.2) is 0 Å². The summed E-state index contributed by atoms with van der Waals surface area (Å²) in [5.74, 6) is 0. The van der Waals surface area contributed by atoms with Gasteiger partial charge in [0.25, 0.3) is 0 Å². The molecule has 4 heteroatoms. The Morgan fingerprint density at radius 2 is 0.500 bits per heavy atom. The number of benzene rings is 6. The zero-order chi connectivity index (χ0) is 34.5. The summed E-state index contributed by atoms with van der Waals surface area (Å²) >= 11 is 0. The fourth-order valence-electron chi connectivity index (χ4n) is 7.87. The first-order valence-electron chi connectivity index (χ1n) is 18.0. The third kappa shape index (κ3) is 7.07. The van der Waals surface area contributed by atoms with Crippen molar-refractivity contribution in [3.63, 3.8) is 0 Å². The third-order valence-corrected chi connectivity index (χ3v) is 10.0. The molecule has 254 valence electrons. The molecule has 0 aromatic heterocycles. The molecule has 6 aromatic carbocycles. The summed E-state index contributed by atoms with van der Waals surface area (Å²) in [7, 11) is 0. The maximum absolute atomic E-state index is 6.30. The highest BCUT2D eigenvalue weighted by molar-refractivity contribution is 5.51. The van der Waals surface area contributed by atoms with E-state index >= 15 is 0 Å². The van der Waals surface area contributed by atoms with Crippen LogP contribution in [0.25, 0.3) is 0 Å². The average molecular weight is 659 g/mol. The van der Waals surface area contributed by atoms with E-state index in [2.05, 4.69) is 192 Å². The minimum Gasteiger partial charge on any atom is -0.330 e. The molecule has 0 bridgehead atoms. The lowest BCUT2D eigenvalue weighted by Crippen LogP contribution is -2.55. The van der Waals surface area contributed by atoms with Crippen molar-refractivity contribution in [3.8, 4) is 0 Å². The van der Waals surface area contributed by atoms with Crippen LogP contribution in [0.3, 0.4) is 0 Å². The lowest BCUT2D eigenvalue weighted by molar-refractivity contribution is 0.0943. The van der Waals surface area contributed by atoms with Crippen LogP contribution in [-0.4, -0.2) is 49.1 Å². The lowest BCUT2D eigenvalue weighted by Gasteiger charge is -2.49. The number of hydrogen-bond acceptors (Lipinski definition) is 4. The zero-order valence-electron chi connectivity index (χ0n) is 29.0. The SMILES string of the molecule is NCCCN(CCN(CCCN)C(c1ccccc1)(c1ccccc1)c1ccccc1)C(c1ccccc1)(c1ccccc1)c1ccccc1. The largest absolute Gasteiger partial charge is 0.330 e. The maximum Gasteiger partial charge on any atom is 0.0973 e. The Labute approximate surface area is 299 Å². The van der Waals surface area contributed by atoms with Gasteiger partial charge in [-0.15, -0.1) is 0 Å². The molecule has 0 atom stereocenters. The van der Waals surface area contributed by atoms with Crippen LogP contribution >= 0.6 is 0 Å². The molecule has 0 spiro atoms. The van der Waals surface area contributed by atoms with Crippen LogP contribution in [0.15, 0.2) is 182 Å². The number of rotatable bonds is 17. The summed E-state index contributed by atoms with van der Waals surface area (Å²) < 4.78 is 0. The molecule has 6 aromatic rings. The van der Waals surface area contributed by atoms with Crippen LogP contribution in [0.4, 0.5) is 0 Å². The summed E-state index contributed by atoms with van der Waals surface area (Å²) in [5, 5.41) is 0. The Kier molecular flexibility index (Phi) is 12.0. The lowest BCUT2D eigenvalue weighted by atomic mass is 9.74. The van der Waals surface area contributed by atoms with Crippen molar-refractivity contribution >= 4 is 0 Å². The van der Waals surface area contributed by atoms with Crippen LogP contribution in [0.1, 0.15) is 46.2 Å². The van der Waals surface area contributed by atoms with E-state index in [9.17, 15) is 0 Å². The Morgan fingerprint density at radius 1 is 0.300 bits per heavy atom. The highest BCUT2D eigenvalue weighted by Gasteiger charge is 2.45. The van der Waals surface area contributed by atoms with Gasteiger partial charge in [0.15, 0.2) is 0 Å². The van der Waals surface area contributed by atoms with Gasteiger partial charge in [0, 0.05) is 26.2 Å². The van der Waals surface area contributed by atoms with Crippen LogP contribution in [-0.2, 0) is 11.1 Å². The van der Waals surface area contributed by atoms with E-state index in [1.54, 1.807) is 0 Å². The minimum absolute atomic E-state index is 0.548. The first-order valence-corrected chi connectivity index (χ1v) is 18.0. The topological polar surface area (TPSA) is 58.5 Å². The Morgan fingerprint density at radius 3 is 0.680 bits per heavy atom. The standard InChI is InChI=1S/C46H50N4/c47-33-19-35-49(45(39-21-7-1-8-22-39,40-23-9-2-10-24-40)41-25-11-3-12-26-41)37-38-50(36-20-34-48)46(42-27-13-4-14-28-42,43-29-15-5-16-30-43)44-31-17-6-18-32-44/h1-18,21-32H,19-20,33-38,47-48H2. The fourth-order valence-corrected chi connectivity index (χ4v) is 7.87. The van der Waals surface area contributed by atoms with E-state index < -0.39 is 11.1 Å². The summed E-state index contributed by atoms with van der Waals surface area (Å²) in [6, 6.07) is 66.0. The molecule has 0 aliphatic heterocycles. The van der Waals surface area contributed by atoms with E-state index in [1.807, 2.05) is 0 Å². The summed E-state index contributed by atoms with van der Waals surface area (Å²) in [6.07, 6.45) is 1.75. The molecule has 0 saturated carbocycles. The minimum atomic E-state index is -0.548. The molecular formula is C46H50N4. The second-order valence-electron chi connectivity index (χ2n) is 12.9. The van der Waals surface area contributed by atoms with E-state index in [-0.39, 0.29) is 0 Å². The Balaban J connectivity index is 1.57. The molecule has 0 amide bonds. The highest BCUT2D eigenvalue weighted by Crippen LogP contribution is 2.45. The normalized spacial score (nSPS) is 12.0. The molecule has 0 saturated heterocycles. The Bertz CT molecular complexity index is 1480. The monoisotopic (exact) mass is 658 g/mol. The number of hydrogen-bond donors (Lipinski definition) is 2. The van der Waals surface area contributed by atoms with Crippen LogP contribution in [0.5, 0.6) is 0 Å². The molecule has 0 radical (unpaired) electrons. The summed E-state index contributed by atoms with van der Waals surface area (Å²) in [6.45, 7) is 4.46. The van der Waals surface area contributed by atoms with E-state index in [1.165, 1.54) is 33.4 Å². The molecule has 6 rings (SSSR count). The smallest absolute Gasteiger partial charge is 0.0973 e. The summed E-state index contributed by atoms with van der Waals surface area (Å²) in [4.78, 5) is 5.36. The third-order valence-electron chi connectivity index (χ3n) is 10.0. The van der Waals surface area contributed by atoms with E-state index in [4.69, 9.17) is 11.5 Å². The quantitative estimate of drug-likeness (QED) is 0.0969. The molecule has 0 unspecified atom stereocenters. The predicted molar refractivity (Wildman–Crippen MR) is 209 cm³/mol. The Hall–Kier alpha value is -4.84. The van der Waals surface area contributed by atoms with Crippen molar-refractivity contribution in [2.75, 3.05) is 39.3 Å². The molecule has 0 aliphatic rings. The number of nitrogens with two attached hydrogens (primary N) is 2. The molecule has 4 nitrogen and oxygen atoms in total. The van der Waals surface area contributed by atoms with E-state index in [0.29, 0.717) is 13.1 Å². The van der Waals surface area contributed by atoms with Crippen LogP contribution in [0, 0.1) is 0 Å². The highest BCUT2D eigenvalue weighted by atomic mass is 15.3. The van der Waals surface area contributed by atoms with Gasteiger partial charge in [0.05, 0.1) is 11.1 Å². The number of nitrogens with zero attached hydrogens (tertiary/aromatic N) is 2. The van der Waals surface area contributed by atoms with Crippen molar-refractivity contribution in [1.82, 2.24) is 9.80 Å². The molecule has 0 fully saturated rings. The first kappa shape index (κ1) is 35.0. The van der Waals surface area contributed by atoms with Gasteiger partial charge in [-0.1, -0.05) is 182 Å². The maximum atomic E-state index is 6.30. The van der Waals surface area contributed by atoms with Crippen molar-refractivity contribution in [3.05, 3.63) is 215 Å². The van der Waals surface area contributed by atoms with Crippen molar-refractivity contribution in [2.45, 2.75) is 23.9 Å². The first-order chi connectivity index (χ1) is 24.8. The fraction of sp³-hybridized carbons (Fsp3) is 0.217. The molecule has 0 heterocycles. The van der Waals surface area contributed by atoms with Crippen LogP contribution in [0.2, 0.25) is 0 Å². The second-order valence-corrected chi connectivity index (χ2v) is 12.9. The van der Waals surface area contributed by atoms with Gasteiger partial charge in [-0.05, 0) is 59.3 Å². The van der Waals surface area contributed by atoms with Gasteiger partial charge in [-0.2, -0.15) is 0 Å². The molecule has 0 aliphatic carbocycles. The van der Waals surface area contributed by atoms with Gasteiger partial charge < -0.3 is 11.5 Å². The van der Waals surface area contributed by atoms with Gasteiger partial charge in [0.2, 0.25) is 0 Å². The van der Waals surface area contributed by atoms with Crippen molar-refractivity contribution < 1.29 is 0 Å².